The first kappa shape index (κ1) is 8.99. The van der Waals surface area contributed by atoms with E-state index in [1.165, 1.54) is 6.08 Å². The van der Waals surface area contributed by atoms with Crippen LogP contribution in [0.5, 0.6) is 0 Å². The Morgan fingerprint density at radius 2 is 1.89 bits per heavy atom. The molecule has 0 aliphatic rings. The van der Waals surface area contributed by atoms with E-state index < -0.39 is 0 Å². The molecule has 0 aliphatic heterocycles. The SMILES string of the molecule is CC(C)C(=O)C=C(Cl)Cl. The molecule has 0 aromatic rings. The monoisotopic (exact) mass is 166 g/mol. The van der Waals surface area contributed by atoms with Crippen LogP contribution in [0.15, 0.2) is 10.6 Å². The standard InChI is InChI=1S/C6H8Cl2O/c1-4(2)5(9)3-6(7)8/h3-4H,1-2H3. The van der Waals surface area contributed by atoms with E-state index in [-0.39, 0.29) is 16.2 Å². The average molecular weight is 167 g/mol. The molecule has 0 aliphatic carbocycles. The summed E-state index contributed by atoms with van der Waals surface area (Å²) >= 11 is 10.4. The van der Waals surface area contributed by atoms with Crippen LogP contribution in [0.25, 0.3) is 0 Å². The highest BCUT2D eigenvalue weighted by atomic mass is 35.5. The number of hydrogen-bond donors (Lipinski definition) is 0. The molecule has 0 aromatic heterocycles. The van der Waals surface area contributed by atoms with Gasteiger partial charge < -0.3 is 0 Å². The summed E-state index contributed by atoms with van der Waals surface area (Å²) in [6.07, 6.45) is 1.22. The van der Waals surface area contributed by atoms with Crippen molar-refractivity contribution in [2.24, 2.45) is 5.92 Å². The number of allylic oxidation sites excluding steroid dienone is 1. The second-order valence-electron chi connectivity index (χ2n) is 1.99. The molecular weight excluding hydrogens is 159 g/mol. The van der Waals surface area contributed by atoms with Crippen LogP contribution < -0.4 is 0 Å². The number of ketones is 1. The second kappa shape index (κ2) is 3.91. The van der Waals surface area contributed by atoms with Crippen molar-refractivity contribution in [3.63, 3.8) is 0 Å². The van der Waals surface area contributed by atoms with E-state index in [1.54, 1.807) is 13.8 Å². The number of hydrogen-bond acceptors (Lipinski definition) is 1. The lowest BCUT2D eigenvalue weighted by Gasteiger charge is -1.94. The molecule has 0 saturated carbocycles. The van der Waals surface area contributed by atoms with Gasteiger partial charge in [0.25, 0.3) is 0 Å². The summed E-state index contributed by atoms with van der Waals surface area (Å²) in [5.41, 5.74) is 0. The number of rotatable bonds is 2. The van der Waals surface area contributed by atoms with E-state index in [4.69, 9.17) is 23.2 Å². The molecule has 1 nitrogen and oxygen atoms in total. The van der Waals surface area contributed by atoms with E-state index in [9.17, 15) is 4.79 Å². The smallest absolute Gasteiger partial charge is 0.160 e. The molecule has 0 rings (SSSR count). The van der Waals surface area contributed by atoms with Crippen LogP contribution in [0.2, 0.25) is 0 Å². The van der Waals surface area contributed by atoms with Gasteiger partial charge in [-0.3, -0.25) is 4.79 Å². The molecule has 0 heterocycles. The average Bonchev–Trinajstić information content (AvgIpc) is 1.63. The van der Waals surface area contributed by atoms with Crippen molar-refractivity contribution in [1.29, 1.82) is 0 Å². The number of carbonyl (C=O) groups excluding carboxylic acids is 1. The summed E-state index contributed by atoms with van der Waals surface area (Å²) in [6.45, 7) is 3.57. The highest BCUT2D eigenvalue weighted by Crippen LogP contribution is 2.08. The third kappa shape index (κ3) is 4.49. The van der Waals surface area contributed by atoms with Crippen molar-refractivity contribution < 1.29 is 4.79 Å². The molecule has 0 atom stereocenters. The Kier molecular flexibility index (Phi) is 3.91. The lowest BCUT2D eigenvalue weighted by molar-refractivity contribution is -0.117. The predicted molar refractivity (Wildman–Crippen MR) is 39.6 cm³/mol. The van der Waals surface area contributed by atoms with Crippen LogP contribution in [-0.4, -0.2) is 5.78 Å². The Morgan fingerprint density at radius 1 is 1.44 bits per heavy atom. The zero-order valence-electron chi connectivity index (χ0n) is 5.32. The van der Waals surface area contributed by atoms with Gasteiger partial charge in [0.2, 0.25) is 0 Å². The molecule has 0 aromatic carbocycles. The summed E-state index contributed by atoms with van der Waals surface area (Å²) in [4.78, 5) is 10.7. The van der Waals surface area contributed by atoms with Gasteiger partial charge in [0.05, 0.1) is 0 Å². The van der Waals surface area contributed by atoms with Crippen LogP contribution in [0.1, 0.15) is 13.8 Å². The largest absolute Gasteiger partial charge is 0.294 e. The van der Waals surface area contributed by atoms with Gasteiger partial charge in [-0.1, -0.05) is 37.0 Å². The Hall–Kier alpha value is -0.0100. The van der Waals surface area contributed by atoms with Crippen LogP contribution in [0.4, 0.5) is 0 Å². The third-order valence-corrected chi connectivity index (χ3v) is 1.04. The van der Waals surface area contributed by atoms with Crippen molar-refractivity contribution >= 4 is 29.0 Å². The molecule has 0 spiro atoms. The van der Waals surface area contributed by atoms with E-state index in [2.05, 4.69) is 0 Å². The van der Waals surface area contributed by atoms with Gasteiger partial charge in [-0.25, -0.2) is 0 Å². The maximum absolute atomic E-state index is 10.7. The van der Waals surface area contributed by atoms with Crippen molar-refractivity contribution in [3.8, 4) is 0 Å². The van der Waals surface area contributed by atoms with Gasteiger partial charge in [0.15, 0.2) is 5.78 Å². The summed E-state index contributed by atoms with van der Waals surface area (Å²) < 4.78 is 0.0219. The minimum Gasteiger partial charge on any atom is -0.294 e. The summed E-state index contributed by atoms with van der Waals surface area (Å²) in [5, 5.41) is 0. The predicted octanol–water partition coefficient (Wildman–Crippen LogP) is 2.53. The molecule has 0 amide bonds. The molecular formula is C6H8Cl2O. The fourth-order valence-corrected chi connectivity index (χ4v) is 0.489. The first-order valence-electron chi connectivity index (χ1n) is 2.60. The molecule has 0 saturated heterocycles. The zero-order valence-corrected chi connectivity index (χ0v) is 6.83. The minimum absolute atomic E-state index is 0.0219. The second-order valence-corrected chi connectivity index (χ2v) is 3.00. The lowest BCUT2D eigenvalue weighted by atomic mass is 10.1. The lowest BCUT2D eigenvalue weighted by Crippen LogP contribution is -2.01. The topological polar surface area (TPSA) is 17.1 Å². The molecule has 0 N–H and O–H groups in total. The summed E-state index contributed by atoms with van der Waals surface area (Å²) in [7, 11) is 0. The summed E-state index contributed by atoms with van der Waals surface area (Å²) in [6, 6.07) is 0. The molecule has 0 fully saturated rings. The molecule has 52 valence electrons. The van der Waals surface area contributed by atoms with Crippen molar-refractivity contribution in [1.82, 2.24) is 0 Å². The maximum Gasteiger partial charge on any atom is 0.160 e. The molecule has 3 heteroatoms. The number of carbonyl (C=O) groups is 1. The maximum atomic E-state index is 10.7. The summed E-state index contributed by atoms with van der Waals surface area (Å²) in [5.74, 6) is -0.0764. The quantitative estimate of drug-likeness (QED) is 0.577. The van der Waals surface area contributed by atoms with Crippen molar-refractivity contribution in [2.45, 2.75) is 13.8 Å². The highest BCUT2D eigenvalue weighted by molar-refractivity contribution is 6.56. The van der Waals surface area contributed by atoms with E-state index in [1.807, 2.05) is 0 Å². The fourth-order valence-electron chi connectivity index (χ4n) is 0.274. The Morgan fingerprint density at radius 3 is 2.00 bits per heavy atom. The Bertz CT molecular complexity index is 134. The Labute approximate surface area is 64.6 Å². The van der Waals surface area contributed by atoms with E-state index in [0.29, 0.717) is 0 Å². The number of halogens is 2. The van der Waals surface area contributed by atoms with Crippen LogP contribution in [-0.2, 0) is 4.79 Å². The van der Waals surface area contributed by atoms with Crippen molar-refractivity contribution in [2.75, 3.05) is 0 Å². The molecule has 9 heavy (non-hydrogen) atoms. The third-order valence-electron chi connectivity index (χ3n) is 0.820. The normalized spacial score (nSPS) is 9.44. The van der Waals surface area contributed by atoms with Gasteiger partial charge >= 0.3 is 0 Å². The van der Waals surface area contributed by atoms with Crippen LogP contribution in [0, 0.1) is 5.92 Å². The van der Waals surface area contributed by atoms with Crippen LogP contribution >= 0.6 is 23.2 Å². The van der Waals surface area contributed by atoms with Gasteiger partial charge in [0, 0.05) is 12.0 Å². The fraction of sp³-hybridized carbons (Fsp3) is 0.500. The molecule has 0 unspecified atom stereocenters. The molecule has 0 radical (unpaired) electrons. The van der Waals surface area contributed by atoms with Gasteiger partial charge in [-0.05, 0) is 0 Å². The molecule has 0 bridgehead atoms. The minimum atomic E-state index is -0.0463. The van der Waals surface area contributed by atoms with E-state index >= 15 is 0 Å². The van der Waals surface area contributed by atoms with Gasteiger partial charge in [0.1, 0.15) is 4.49 Å². The van der Waals surface area contributed by atoms with Crippen molar-refractivity contribution in [3.05, 3.63) is 10.6 Å². The van der Waals surface area contributed by atoms with Crippen LogP contribution in [0.3, 0.4) is 0 Å². The van der Waals surface area contributed by atoms with Gasteiger partial charge in [-0.15, -0.1) is 0 Å². The Balaban J connectivity index is 3.93. The first-order chi connectivity index (χ1) is 4.04. The zero-order chi connectivity index (χ0) is 7.44. The van der Waals surface area contributed by atoms with E-state index in [0.717, 1.165) is 0 Å². The highest BCUT2D eigenvalue weighted by Gasteiger charge is 2.02. The first-order valence-corrected chi connectivity index (χ1v) is 3.36. The van der Waals surface area contributed by atoms with Gasteiger partial charge in [-0.2, -0.15) is 0 Å².